The van der Waals surface area contributed by atoms with Crippen molar-refractivity contribution < 1.29 is 4.79 Å². The summed E-state index contributed by atoms with van der Waals surface area (Å²) in [5, 5.41) is 4.83. The van der Waals surface area contributed by atoms with Crippen molar-refractivity contribution >= 4 is 54.8 Å². The van der Waals surface area contributed by atoms with E-state index in [1.165, 1.54) is 11.3 Å². The van der Waals surface area contributed by atoms with Crippen LogP contribution in [0.4, 0.5) is 5.69 Å². The predicted octanol–water partition coefficient (Wildman–Crippen LogP) is 5.14. The van der Waals surface area contributed by atoms with E-state index in [-0.39, 0.29) is 5.91 Å². The second-order valence-corrected chi connectivity index (χ2v) is 6.62. The lowest BCUT2D eigenvalue weighted by Crippen LogP contribution is -2.12. The molecule has 2 rings (SSSR count). The van der Waals surface area contributed by atoms with Gasteiger partial charge in [0, 0.05) is 8.95 Å². The zero-order chi connectivity index (χ0) is 13.3. The molecule has 0 fully saturated rings. The molecule has 1 aromatic heterocycles. The van der Waals surface area contributed by atoms with Gasteiger partial charge < -0.3 is 5.32 Å². The van der Waals surface area contributed by atoms with E-state index in [4.69, 9.17) is 0 Å². The zero-order valence-corrected chi connectivity index (χ0v) is 13.9. The van der Waals surface area contributed by atoms with Gasteiger partial charge in [0.05, 0.1) is 5.69 Å². The van der Waals surface area contributed by atoms with Gasteiger partial charge in [-0.3, -0.25) is 4.79 Å². The first-order chi connectivity index (χ1) is 8.49. The van der Waals surface area contributed by atoms with Crippen LogP contribution in [0.5, 0.6) is 0 Å². The van der Waals surface area contributed by atoms with Crippen molar-refractivity contribution in [3.63, 3.8) is 0 Å². The Morgan fingerprint density at radius 2 is 1.94 bits per heavy atom. The van der Waals surface area contributed by atoms with Gasteiger partial charge in [0.25, 0.3) is 5.91 Å². The summed E-state index contributed by atoms with van der Waals surface area (Å²) in [4.78, 5) is 12.8. The van der Waals surface area contributed by atoms with Crippen LogP contribution in [-0.2, 0) is 0 Å². The SMILES string of the molecule is Cc1cc(C)c(NC(=O)c2sccc2Br)c(Br)c1. The summed E-state index contributed by atoms with van der Waals surface area (Å²) < 4.78 is 1.73. The second-order valence-electron chi connectivity index (χ2n) is 3.99. The fraction of sp³-hybridized carbons (Fsp3) is 0.154. The number of aryl methyl sites for hydroxylation is 2. The summed E-state index contributed by atoms with van der Waals surface area (Å²) in [6, 6.07) is 5.91. The summed E-state index contributed by atoms with van der Waals surface area (Å²) in [7, 11) is 0. The molecule has 5 heteroatoms. The van der Waals surface area contributed by atoms with Crippen LogP contribution < -0.4 is 5.32 Å². The molecule has 0 radical (unpaired) electrons. The first-order valence-electron chi connectivity index (χ1n) is 5.30. The molecule has 18 heavy (non-hydrogen) atoms. The third kappa shape index (κ3) is 2.84. The quantitative estimate of drug-likeness (QED) is 0.757. The fourth-order valence-electron chi connectivity index (χ4n) is 1.70. The van der Waals surface area contributed by atoms with Gasteiger partial charge in [0.15, 0.2) is 0 Å². The molecule has 0 aliphatic heterocycles. The van der Waals surface area contributed by atoms with Crippen LogP contribution in [0.15, 0.2) is 32.5 Å². The number of hydrogen-bond acceptors (Lipinski definition) is 2. The number of nitrogens with one attached hydrogen (secondary N) is 1. The van der Waals surface area contributed by atoms with Crippen LogP contribution in [0.25, 0.3) is 0 Å². The molecule has 94 valence electrons. The van der Waals surface area contributed by atoms with Gasteiger partial charge in [-0.1, -0.05) is 6.07 Å². The highest BCUT2D eigenvalue weighted by Gasteiger charge is 2.14. The van der Waals surface area contributed by atoms with Crippen LogP contribution in [0.2, 0.25) is 0 Å². The minimum absolute atomic E-state index is 0.0930. The van der Waals surface area contributed by atoms with E-state index in [2.05, 4.69) is 37.2 Å². The third-order valence-electron chi connectivity index (χ3n) is 2.49. The van der Waals surface area contributed by atoms with Gasteiger partial charge in [-0.2, -0.15) is 0 Å². The van der Waals surface area contributed by atoms with Crippen molar-refractivity contribution in [3.05, 3.63) is 48.5 Å². The molecule has 2 aromatic rings. The smallest absolute Gasteiger partial charge is 0.266 e. The Hall–Kier alpha value is -0.650. The zero-order valence-electron chi connectivity index (χ0n) is 9.88. The molecular weight excluding hydrogens is 378 g/mol. The average molecular weight is 389 g/mol. The fourth-order valence-corrected chi connectivity index (χ4v) is 3.92. The monoisotopic (exact) mass is 387 g/mol. The van der Waals surface area contributed by atoms with Crippen molar-refractivity contribution in [2.75, 3.05) is 5.32 Å². The lowest BCUT2D eigenvalue weighted by Gasteiger charge is -2.11. The van der Waals surface area contributed by atoms with Gasteiger partial charge >= 0.3 is 0 Å². The van der Waals surface area contributed by atoms with Crippen LogP contribution in [0.3, 0.4) is 0 Å². The predicted molar refractivity (Wildman–Crippen MR) is 83.6 cm³/mol. The number of thiophene rings is 1. The minimum Gasteiger partial charge on any atom is -0.320 e. The molecule has 1 amide bonds. The van der Waals surface area contributed by atoms with Gasteiger partial charge in [0.2, 0.25) is 0 Å². The molecule has 0 aliphatic carbocycles. The Morgan fingerprint density at radius 3 is 2.50 bits per heavy atom. The molecule has 0 saturated carbocycles. The Labute approximate surface area is 127 Å². The molecule has 0 unspecified atom stereocenters. The molecule has 0 saturated heterocycles. The maximum Gasteiger partial charge on any atom is 0.266 e. The van der Waals surface area contributed by atoms with Gasteiger partial charge in [-0.15, -0.1) is 11.3 Å². The molecule has 1 aromatic carbocycles. The van der Waals surface area contributed by atoms with Crippen LogP contribution in [0.1, 0.15) is 20.8 Å². The average Bonchev–Trinajstić information content (AvgIpc) is 2.69. The highest BCUT2D eigenvalue weighted by Crippen LogP contribution is 2.30. The van der Waals surface area contributed by atoms with E-state index in [9.17, 15) is 4.79 Å². The molecule has 0 aliphatic rings. The number of hydrogen-bond donors (Lipinski definition) is 1. The van der Waals surface area contributed by atoms with Gasteiger partial charge in [0.1, 0.15) is 4.88 Å². The van der Waals surface area contributed by atoms with Crippen LogP contribution >= 0.6 is 43.2 Å². The maximum absolute atomic E-state index is 12.1. The highest BCUT2D eigenvalue weighted by atomic mass is 79.9. The normalized spacial score (nSPS) is 10.4. The minimum atomic E-state index is -0.0930. The molecule has 2 nitrogen and oxygen atoms in total. The number of benzene rings is 1. The summed E-state index contributed by atoms with van der Waals surface area (Å²) in [6.07, 6.45) is 0. The van der Waals surface area contributed by atoms with Crippen molar-refractivity contribution in [1.82, 2.24) is 0 Å². The standard InChI is InChI=1S/C13H11Br2NOS/c1-7-5-8(2)11(10(15)6-7)16-13(17)12-9(14)3-4-18-12/h3-6H,1-2H3,(H,16,17). The number of anilines is 1. The van der Waals surface area contributed by atoms with Crippen molar-refractivity contribution in [1.29, 1.82) is 0 Å². The molecule has 1 heterocycles. The number of carbonyl (C=O) groups is 1. The van der Waals surface area contributed by atoms with E-state index in [1.54, 1.807) is 0 Å². The molecule has 0 bridgehead atoms. The summed E-state index contributed by atoms with van der Waals surface area (Å²) in [5.41, 5.74) is 3.03. The largest absolute Gasteiger partial charge is 0.320 e. The maximum atomic E-state index is 12.1. The Kier molecular flexibility index (Phi) is 4.25. The van der Waals surface area contributed by atoms with Crippen molar-refractivity contribution in [2.24, 2.45) is 0 Å². The second kappa shape index (κ2) is 5.55. The van der Waals surface area contributed by atoms with Gasteiger partial charge in [-0.05, 0) is 74.3 Å². The number of rotatable bonds is 2. The lowest BCUT2D eigenvalue weighted by atomic mass is 10.1. The third-order valence-corrected chi connectivity index (χ3v) is 4.96. The summed E-state index contributed by atoms with van der Waals surface area (Å²) in [5.74, 6) is -0.0930. The van der Waals surface area contributed by atoms with E-state index in [0.717, 1.165) is 25.8 Å². The molecular formula is C13H11Br2NOS. The van der Waals surface area contributed by atoms with Crippen molar-refractivity contribution in [3.8, 4) is 0 Å². The topological polar surface area (TPSA) is 29.1 Å². The molecule has 1 N–H and O–H groups in total. The Morgan fingerprint density at radius 1 is 1.22 bits per heavy atom. The van der Waals surface area contributed by atoms with Crippen LogP contribution in [-0.4, -0.2) is 5.91 Å². The first kappa shape index (κ1) is 13.8. The Bertz CT molecular complexity index is 584. The molecule has 0 atom stereocenters. The van der Waals surface area contributed by atoms with E-state index in [1.807, 2.05) is 37.4 Å². The summed E-state index contributed by atoms with van der Waals surface area (Å²) >= 11 is 8.27. The molecule has 0 spiro atoms. The lowest BCUT2D eigenvalue weighted by molar-refractivity contribution is 0.102. The highest BCUT2D eigenvalue weighted by molar-refractivity contribution is 9.11. The number of halogens is 2. The Balaban J connectivity index is 2.31. The van der Waals surface area contributed by atoms with Gasteiger partial charge in [-0.25, -0.2) is 0 Å². The number of amides is 1. The summed E-state index contributed by atoms with van der Waals surface area (Å²) in [6.45, 7) is 4.01. The number of carbonyl (C=O) groups excluding carboxylic acids is 1. The van der Waals surface area contributed by atoms with Crippen LogP contribution in [0, 0.1) is 13.8 Å². The van der Waals surface area contributed by atoms with E-state index >= 15 is 0 Å². The van der Waals surface area contributed by atoms with E-state index < -0.39 is 0 Å². The van der Waals surface area contributed by atoms with E-state index in [0.29, 0.717) is 4.88 Å². The first-order valence-corrected chi connectivity index (χ1v) is 7.76. The van der Waals surface area contributed by atoms with Crippen molar-refractivity contribution in [2.45, 2.75) is 13.8 Å².